The zero-order valence-corrected chi connectivity index (χ0v) is 22.0. The van der Waals surface area contributed by atoms with Crippen molar-refractivity contribution in [3.63, 3.8) is 0 Å². The van der Waals surface area contributed by atoms with Gasteiger partial charge in [0.15, 0.2) is 11.5 Å². The molecule has 0 radical (unpaired) electrons. The fourth-order valence-corrected chi connectivity index (χ4v) is 4.60. The molecule has 9 heteroatoms. The molecule has 2 N–H and O–H groups in total. The van der Waals surface area contributed by atoms with Crippen LogP contribution in [0.25, 0.3) is 0 Å². The van der Waals surface area contributed by atoms with Gasteiger partial charge in [0.05, 0.1) is 0 Å². The first kappa shape index (κ1) is 26.7. The van der Waals surface area contributed by atoms with E-state index in [4.69, 9.17) is 14.2 Å². The number of amides is 2. The number of ether oxygens (including phenoxy) is 3. The first-order valence-electron chi connectivity index (χ1n) is 13.1. The summed E-state index contributed by atoms with van der Waals surface area (Å²) in [6, 6.07) is 9.04. The monoisotopic (exact) mass is 510 g/mol. The van der Waals surface area contributed by atoms with Gasteiger partial charge in [-0.3, -0.25) is 9.78 Å². The SMILES string of the molecule is CC(C)(C)OC(=O)N1CCC(CCNC(C(=O)NCCc2ccncc2)c2ccc3c(c2)OCO3)CC1. The van der Waals surface area contributed by atoms with E-state index in [2.05, 4.69) is 15.6 Å². The normalized spacial score (nSPS) is 16.4. The lowest BCUT2D eigenvalue weighted by Crippen LogP contribution is -2.42. The lowest BCUT2D eigenvalue weighted by Gasteiger charge is -2.33. The van der Waals surface area contributed by atoms with Gasteiger partial charge in [-0.15, -0.1) is 0 Å². The quantitative estimate of drug-likeness (QED) is 0.529. The Morgan fingerprint density at radius 2 is 1.81 bits per heavy atom. The zero-order valence-electron chi connectivity index (χ0n) is 22.0. The Morgan fingerprint density at radius 3 is 2.54 bits per heavy atom. The number of pyridine rings is 1. The zero-order chi connectivity index (χ0) is 26.3. The first-order chi connectivity index (χ1) is 17.8. The minimum atomic E-state index is -0.506. The van der Waals surface area contributed by atoms with Crippen molar-refractivity contribution >= 4 is 12.0 Å². The number of rotatable bonds is 9. The number of fused-ring (bicyclic) bond motifs is 1. The van der Waals surface area contributed by atoms with Crippen molar-refractivity contribution in [3.05, 3.63) is 53.9 Å². The molecule has 0 bridgehead atoms. The van der Waals surface area contributed by atoms with Gasteiger partial charge in [-0.25, -0.2) is 4.79 Å². The van der Waals surface area contributed by atoms with E-state index in [9.17, 15) is 9.59 Å². The highest BCUT2D eigenvalue weighted by atomic mass is 16.7. The lowest BCUT2D eigenvalue weighted by atomic mass is 9.93. The molecule has 2 aliphatic heterocycles. The lowest BCUT2D eigenvalue weighted by molar-refractivity contribution is -0.123. The number of hydrogen-bond acceptors (Lipinski definition) is 7. The molecule has 1 aromatic carbocycles. The van der Waals surface area contributed by atoms with Crippen molar-refractivity contribution in [2.75, 3.05) is 33.0 Å². The summed E-state index contributed by atoms with van der Waals surface area (Å²) in [5, 5.41) is 6.54. The Labute approximate surface area is 218 Å². The molecular weight excluding hydrogens is 472 g/mol. The summed E-state index contributed by atoms with van der Waals surface area (Å²) in [7, 11) is 0. The van der Waals surface area contributed by atoms with Crippen LogP contribution in [0.2, 0.25) is 0 Å². The van der Waals surface area contributed by atoms with E-state index in [0.717, 1.165) is 36.8 Å². The summed E-state index contributed by atoms with van der Waals surface area (Å²) < 4.78 is 16.5. The third-order valence-electron chi connectivity index (χ3n) is 6.62. The van der Waals surface area contributed by atoms with Crippen molar-refractivity contribution in [1.82, 2.24) is 20.5 Å². The van der Waals surface area contributed by atoms with Gasteiger partial charge in [0.1, 0.15) is 11.6 Å². The average Bonchev–Trinajstić information content (AvgIpc) is 3.34. The Balaban J connectivity index is 1.30. The van der Waals surface area contributed by atoms with E-state index in [1.807, 2.05) is 51.1 Å². The van der Waals surface area contributed by atoms with Crippen molar-refractivity contribution in [1.29, 1.82) is 0 Å². The maximum absolute atomic E-state index is 13.2. The average molecular weight is 511 g/mol. The molecule has 1 saturated heterocycles. The van der Waals surface area contributed by atoms with Crippen LogP contribution in [0.15, 0.2) is 42.7 Å². The summed E-state index contributed by atoms with van der Waals surface area (Å²) in [6.45, 7) is 8.46. The molecule has 0 spiro atoms. The molecule has 0 aliphatic carbocycles. The van der Waals surface area contributed by atoms with E-state index >= 15 is 0 Å². The summed E-state index contributed by atoms with van der Waals surface area (Å²) in [5.74, 6) is 1.76. The summed E-state index contributed by atoms with van der Waals surface area (Å²) >= 11 is 0. The van der Waals surface area contributed by atoms with Gasteiger partial charge in [0.2, 0.25) is 12.7 Å². The maximum Gasteiger partial charge on any atom is 0.410 e. The maximum atomic E-state index is 13.2. The molecule has 0 saturated carbocycles. The standard InChI is InChI=1S/C28H38N4O5/c1-28(2,3)37-27(34)32-16-10-21(11-17-32)8-14-30-25(22-4-5-23-24(18-22)36-19-35-23)26(33)31-15-9-20-6-12-29-13-7-20/h4-7,12-13,18,21,25,30H,8-11,14-17,19H2,1-3H3,(H,31,33). The van der Waals surface area contributed by atoms with E-state index in [1.165, 1.54) is 0 Å². The van der Waals surface area contributed by atoms with E-state index in [0.29, 0.717) is 43.6 Å². The van der Waals surface area contributed by atoms with Crippen molar-refractivity contribution in [2.24, 2.45) is 5.92 Å². The molecule has 1 atom stereocenters. The van der Waals surface area contributed by atoms with Crippen molar-refractivity contribution in [2.45, 2.75) is 58.1 Å². The third kappa shape index (κ3) is 7.82. The fraction of sp³-hybridized carbons (Fsp3) is 0.536. The van der Waals surface area contributed by atoms with E-state index < -0.39 is 11.6 Å². The van der Waals surface area contributed by atoms with Gasteiger partial charge < -0.3 is 29.7 Å². The van der Waals surface area contributed by atoms with Gasteiger partial charge in [-0.05, 0) is 94.3 Å². The molecule has 2 amide bonds. The summed E-state index contributed by atoms with van der Waals surface area (Å²) in [4.78, 5) is 31.4. The number of likely N-dealkylation sites (tertiary alicyclic amines) is 1. The number of aromatic nitrogens is 1. The Kier molecular flexibility index (Phi) is 8.87. The number of nitrogens with zero attached hydrogens (tertiary/aromatic N) is 2. The van der Waals surface area contributed by atoms with Crippen LogP contribution in [-0.4, -0.2) is 60.5 Å². The van der Waals surface area contributed by atoms with Gasteiger partial charge >= 0.3 is 6.09 Å². The molecular formula is C28H38N4O5. The molecule has 4 rings (SSSR count). The van der Waals surface area contributed by atoms with E-state index in [1.54, 1.807) is 17.3 Å². The van der Waals surface area contributed by atoms with Crippen LogP contribution >= 0.6 is 0 Å². The predicted octanol–water partition coefficient (Wildman–Crippen LogP) is 3.84. The highest BCUT2D eigenvalue weighted by Gasteiger charge is 2.28. The van der Waals surface area contributed by atoms with Gasteiger partial charge in [0, 0.05) is 32.0 Å². The number of nitrogens with one attached hydrogen (secondary N) is 2. The highest BCUT2D eigenvalue weighted by molar-refractivity contribution is 5.83. The molecule has 37 heavy (non-hydrogen) atoms. The Bertz CT molecular complexity index is 1050. The Hall–Kier alpha value is -3.33. The number of carbonyl (C=O) groups excluding carboxylic acids is 2. The molecule has 3 heterocycles. The molecule has 200 valence electrons. The second-order valence-corrected chi connectivity index (χ2v) is 10.6. The molecule has 9 nitrogen and oxygen atoms in total. The minimum Gasteiger partial charge on any atom is -0.454 e. The van der Waals surface area contributed by atoms with Gasteiger partial charge in [-0.1, -0.05) is 6.07 Å². The molecule has 1 unspecified atom stereocenters. The van der Waals surface area contributed by atoms with Crippen molar-refractivity contribution in [3.8, 4) is 11.5 Å². The molecule has 1 aromatic heterocycles. The van der Waals surface area contributed by atoms with Crippen LogP contribution in [0.3, 0.4) is 0 Å². The fourth-order valence-electron chi connectivity index (χ4n) is 4.60. The second-order valence-electron chi connectivity index (χ2n) is 10.6. The number of hydrogen-bond donors (Lipinski definition) is 2. The second kappa shape index (κ2) is 12.3. The molecule has 2 aromatic rings. The molecule has 1 fully saturated rings. The van der Waals surface area contributed by atoms with Crippen LogP contribution in [0.1, 0.15) is 57.2 Å². The first-order valence-corrected chi connectivity index (χ1v) is 13.1. The Morgan fingerprint density at radius 1 is 1.08 bits per heavy atom. The van der Waals surface area contributed by atoms with Crippen LogP contribution in [-0.2, 0) is 16.0 Å². The number of benzene rings is 1. The highest BCUT2D eigenvalue weighted by Crippen LogP contribution is 2.34. The largest absolute Gasteiger partial charge is 0.454 e. The predicted molar refractivity (Wildman–Crippen MR) is 139 cm³/mol. The third-order valence-corrected chi connectivity index (χ3v) is 6.62. The molecule has 2 aliphatic rings. The van der Waals surface area contributed by atoms with Crippen LogP contribution in [0, 0.1) is 5.92 Å². The van der Waals surface area contributed by atoms with Crippen LogP contribution < -0.4 is 20.1 Å². The van der Waals surface area contributed by atoms with Gasteiger partial charge in [-0.2, -0.15) is 0 Å². The smallest absolute Gasteiger partial charge is 0.410 e. The number of carbonyl (C=O) groups is 2. The topological polar surface area (TPSA) is 102 Å². The van der Waals surface area contributed by atoms with Crippen LogP contribution in [0.5, 0.6) is 11.5 Å². The van der Waals surface area contributed by atoms with Crippen LogP contribution in [0.4, 0.5) is 4.79 Å². The summed E-state index contributed by atoms with van der Waals surface area (Å²) in [5.41, 5.74) is 1.48. The number of piperidine rings is 1. The van der Waals surface area contributed by atoms with Crippen molar-refractivity contribution < 1.29 is 23.8 Å². The van der Waals surface area contributed by atoms with Gasteiger partial charge in [0.25, 0.3) is 0 Å². The summed E-state index contributed by atoms with van der Waals surface area (Å²) in [6.07, 6.45) is 6.78. The minimum absolute atomic E-state index is 0.0762. The van der Waals surface area contributed by atoms with E-state index in [-0.39, 0.29) is 18.8 Å².